The van der Waals surface area contributed by atoms with Crippen molar-refractivity contribution < 1.29 is 9.53 Å². The Morgan fingerprint density at radius 1 is 1.04 bits per heavy atom. The van der Waals surface area contributed by atoms with Crippen LogP contribution in [0.15, 0.2) is 35.9 Å². The van der Waals surface area contributed by atoms with Gasteiger partial charge in [-0.25, -0.2) is 0 Å². The second kappa shape index (κ2) is 5.84. The zero-order chi connectivity index (χ0) is 19.5. The second-order valence-electron chi connectivity index (χ2n) is 10.6. The van der Waals surface area contributed by atoms with Gasteiger partial charge >= 0.3 is 5.97 Å². The van der Waals surface area contributed by atoms with Gasteiger partial charge in [0.1, 0.15) is 11.7 Å². The van der Waals surface area contributed by atoms with Crippen molar-refractivity contribution in [3.8, 4) is 5.75 Å². The summed E-state index contributed by atoms with van der Waals surface area (Å²) in [5, 5.41) is 0. The Bertz CT molecular complexity index is 808. The normalized spacial score (nSPS) is 22.1. The molecule has 0 N–H and O–H groups in total. The molecule has 2 aliphatic rings. The summed E-state index contributed by atoms with van der Waals surface area (Å²) in [5.41, 5.74) is 4.60. The highest BCUT2D eigenvalue weighted by atomic mass is 16.5. The van der Waals surface area contributed by atoms with Crippen LogP contribution in [0.5, 0.6) is 5.75 Å². The number of ether oxygens (including phenoxy) is 1. The van der Waals surface area contributed by atoms with Crippen LogP contribution in [0.3, 0.4) is 0 Å². The van der Waals surface area contributed by atoms with E-state index in [0.717, 1.165) is 28.9 Å². The predicted octanol–water partition coefficient (Wildman–Crippen LogP) is 6.20. The molecule has 140 valence electrons. The summed E-state index contributed by atoms with van der Waals surface area (Å²) in [6.45, 7) is 17.6. The number of fused-ring (bicyclic) bond motifs is 1. The molecule has 1 unspecified atom stereocenters. The molecule has 0 saturated heterocycles. The third-order valence-electron chi connectivity index (χ3n) is 5.43. The van der Waals surface area contributed by atoms with Gasteiger partial charge in [-0.3, -0.25) is 4.79 Å². The van der Waals surface area contributed by atoms with Crippen LogP contribution in [0.4, 0.5) is 0 Å². The molecule has 1 aromatic rings. The van der Waals surface area contributed by atoms with Gasteiger partial charge in [0.05, 0.1) is 0 Å². The maximum Gasteiger partial charge on any atom is 0.323 e. The summed E-state index contributed by atoms with van der Waals surface area (Å²) in [6.07, 6.45) is 7.28. The van der Waals surface area contributed by atoms with Crippen molar-refractivity contribution in [3.63, 3.8) is 0 Å². The average molecular weight is 353 g/mol. The quantitative estimate of drug-likeness (QED) is 0.444. The van der Waals surface area contributed by atoms with Gasteiger partial charge in [0, 0.05) is 11.1 Å². The molecule has 0 fully saturated rings. The van der Waals surface area contributed by atoms with Gasteiger partial charge in [0.15, 0.2) is 0 Å². The molecule has 3 rings (SSSR count). The van der Waals surface area contributed by atoms with Gasteiger partial charge in [0.2, 0.25) is 0 Å². The van der Waals surface area contributed by atoms with Crippen molar-refractivity contribution in [2.75, 3.05) is 0 Å². The lowest BCUT2D eigenvalue weighted by molar-refractivity contribution is -0.133. The van der Waals surface area contributed by atoms with Gasteiger partial charge in [-0.2, -0.15) is 0 Å². The Kier molecular flexibility index (Phi) is 4.25. The number of hydrogen-bond acceptors (Lipinski definition) is 2. The molecule has 0 aromatic heterocycles. The maximum atomic E-state index is 12.9. The van der Waals surface area contributed by atoms with Crippen molar-refractivity contribution in [3.05, 3.63) is 52.6 Å². The molecule has 0 spiro atoms. The van der Waals surface area contributed by atoms with Crippen LogP contribution in [0, 0.1) is 5.41 Å². The van der Waals surface area contributed by atoms with Crippen LogP contribution in [-0.4, -0.2) is 5.97 Å². The standard InChI is InChI=1S/C24H32O2/c1-22(2,3)16-12-17-19(15-10-9-11-24(7,8)14-15)21(25)26-20(17)18(13-16)23(4,5)6/h9-13,19H,14H2,1-8H3. The molecule has 0 amide bonds. The van der Waals surface area contributed by atoms with Crippen LogP contribution in [0.1, 0.15) is 84.4 Å². The van der Waals surface area contributed by atoms with Crippen molar-refractivity contribution >= 4 is 5.97 Å². The molecular weight excluding hydrogens is 320 g/mol. The van der Waals surface area contributed by atoms with E-state index in [-0.39, 0.29) is 28.1 Å². The van der Waals surface area contributed by atoms with Gasteiger partial charge in [-0.15, -0.1) is 0 Å². The molecule has 2 heteroatoms. The van der Waals surface area contributed by atoms with E-state index in [1.54, 1.807) is 0 Å². The van der Waals surface area contributed by atoms with Crippen LogP contribution >= 0.6 is 0 Å². The van der Waals surface area contributed by atoms with Crippen LogP contribution in [-0.2, 0) is 15.6 Å². The average Bonchev–Trinajstić information content (AvgIpc) is 2.78. The summed E-state index contributed by atoms with van der Waals surface area (Å²) in [7, 11) is 0. The summed E-state index contributed by atoms with van der Waals surface area (Å²) >= 11 is 0. The van der Waals surface area contributed by atoms with E-state index in [1.165, 1.54) is 5.56 Å². The molecule has 1 aromatic carbocycles. The van der Waals surface area contributed by atoms with E-state index in [1.807, 2.05) is 0 Å². The Hall–Kier alpha value is -1.83. The minimum Gasteiger partial charge on any atom is -0.425 e. The van der Waals surface area contributed by atoms with Gasteiger partial charge in [-0.1, -0.05) is 91.3 Å². The molecule has 0 bridgehead atoms. The van der Waals surface area contributed by atoms with Gasteiger partial charge < -0.3 is 4.74 Å². The highest BCUT2D eigenvalue weighted by molar-refractivity contribution is 5.90. The fraction of sp³-hybridized carbons (Fsp3) is 0.542. The SMILES string of the molecule is CC1(C)C=CC=C(C2C(=O)Oc3c2cc(C(C)(C)C)cc3C(C)(C)C)C1. The van der Waals surface area contributed by atoms with E-state index >= 15 is 0 Å². The van der Waals surface area contributed by atoms with Crippen LogP contribution < -0.4 is 4.74 Å². The molecule has 0 saturated carbocycles. The third-order valence-corrected chi connectivity index (χ3v) is 5.43. The summed E-state index contributed by atoms with van der Waals surface area (Å²) in [6, 6.07) is 4.43. The molecular formula is C24H32O2. The highest BCUT2D eigenvalue weighted by Gasteiger charge is 2.41. The van der Waals surface area contributed by atoms with Crippen molar-refractivity contribution in [1.82, 2.24) is 0 Å². The number of hydrogen-bond donors (Lipinski definition) is 0. The first-order valence-electron chi connectivity index (χ1n) is 9.58. The first kappa shape index (κ1) is 18.9. The monoisotopic (exact) mass is 352 g/mol. The molecule has 1 atom stereocenters. The predicted molar refractivity (Wildman–Crippen MR) is 108 cm³/mol. The van der Waals surface area contributed by atoms with Gasteiger partial charge in [0.25, 0.3) is 0 Å². The molecule has 26 heavy (non-hydrogen) atoms. The topological polar surface area (TPSA) is 26.3 Å². The fourth-order valence-electron chi connectivity index (χ4n) is 3.88. The molecule has 1 aliphatic carbocycles. The molecule has 1 heterocycles. The summed E-state index contributed by atoms with van der Waals surface area (Å²) in [4.78, 5) is 12.9. The molecule has 1 aliphatic heterocycles. The van der Waals surface area contributed by atoms with E-state index < -0.39 is 0 Å². The van der Waals surface area contributed by atoms with E-state index in [4.69, 9.17) is 4.74 Å². The lowest BCUT2D eigenvalue weighted by atomic mass is 9.74. The smallest absolute Gasteiger partial charge is 0.323 e. The van der Waals surface area contributed by atoms with Crippen LogP contribution in [0.2, 0.25) is 0 Å². The van der Waals surface area contributed by atoms with Crippen molar-refractivity contribution in [2.45, 2.75) is 78.6 Å². The Morgan fingerprint density at radius 3 is 2.23 bits per heavy atom. The largest absolute Gasteiger partial charge is 0.425 e. The lowest BCUT2D eigenvalue weighted by Crippen LogP contribution is -2.20. The van der Waals surface area contributed by atoms with Crippen molar-refractivity contribution in [1.29, 1.82) is 0 Å². The van der Waals surface area contributed by atoms with Crippen LogP contribution in [0.25, 0.3) is 0 Å². The second-order valence-corrected chi connectivity index (χ2v) is 10.6. The minimum atomic E-state index is -0.280. The number of carbonyl (C=O) groups excluding carboxylic acids is 1. The number of esters is 1. The Balaban J connectivity index is 2.20. The first-order chi connectivity index (χ1) is 11.8. The number of benzene rings is 1. The highest BCUT2D eigenvalue weighted by Crippen LogP contribution is 2.49. The Morgan fingerprint density at radius 2 is 1.69 bits per heavy atom. The molecule has 0 radical (unpaired) electrons. The minimum absolute atomic E-state index is 0.0192. The molecule has 2 nitrogen and oxygen atoms in total. The Labute approximate surface area is 158 Å². The van der Waals surface area contributed by atoms with Gasteiger partial charge in [-0.05, 0) is 28.2 Å². The first-order valence-corrected chi connectivity index (χ1v) is 9.58. The fourth-order valence-corrected chi connectivity index (χ4v) is 3.88. The third kappa shape index (κ3) is 3.39. The number of allylic oxidation sites excluding steroid dienone is 3. The maximum absolute atomic E-state index is 12.9. The van der Waals surface area contributed by atoms with E-state index in [9.17, 15) is 4.79 Å². The van der Waals surface area contributed by atoms with Crippen molar-refractivity contribution in [2.24, 2.45) is 5.41 Å². The summed E-state index contributed by atoms with van der Waals surface area (Å²) in [5.74, 6) is 0.375. The zero-order valence-electron chi connectivity index (χ0n) is 17.5. The number of rotatable bonds is 1. The van der Waals surface area contributed by atoms with E-state index in [2.05, 4.69) is 85.8 Å². The zero-order valence-corrected chi connectivity index (χ0v) is 17.5. The number of carbonyl (C=O) groups is 1. The summed E-state index contributed by atoms with van der Waals surface area (Å²) < 4.78 is 5.86. The lowest BCUT2D eigenvalue weighted by Gasteiger charge is -2.29. The van der Waals surface area contributed by atoms with E-state index in [0.29, 0.717) is 0 Å².